The van der Waals surface area contributed by atoms with E-state index in [-0.39, 0.29) is 17.7 Å². The van der Waals surface area contributed by atoms with Crippen molar-refractivity contribution in [3.8, 4) is 5.75 Å². The minimum atomic E-state index is -0.436. The molecule has 1 aromatic heterocycles. The molecule has 1 amide bonds. The lowest BCUT2D eigenvalue weighted by Crippen LogP contribution is -2.27. The van der Waals surface area contributed by atoms with Crippen molar-refractivity contribution in [3.05, 3.63) is 47.0 Å². The van der Waals surface area contributed by atoms with Gasteiger partial charge in [0, 0.05) is 18.7 Å². The number of ether oxygens (including phenoxy) is 1. The van der Waals surface area contributed by atoms with Crippen molar-refractivity contribution >= 4 is 5.91 Å². The Balaban J connectivity index is 1.91. The molecular weight excluding hydrogens is 297 g/mol. The molecule has 2 rings (SSSR count). The van der Waals surface area contributed by atoms with Crippen LogP contribution in [0.2, 0.25) is 0 Å². The number of aryl methyl sites for hydroxylation is 3. The van der Waals surface area contributed by atoms with Crippen LogP contribution in [0.1, 0.15) is 36.3 Å². The molecule has 6 heteroatoms. The predicted octanol–water partition coefficient (Wildman–Crippen LogP) is 2.92. The zero-order valence-corrected chi connectivity index (χ0v) is 13.9. The van der Waals surface area contributed by atoms with Crippen LogP contribution in [0.4, 0.5) is 4.39 Å². The van der Waals surface area contributed by atoms with E-state index in [1.807, 2.05) is 31.5 Å². The van der Waals surface area contributed by atoms with Crippen LogP contribution in [0.25, 0.3) is 0 Å². The number of carbonyl (C=O) groups excluding carboxylic acids is 1. The van der Waals surface area contributed by atoms with E-state index in [1.165, 1.54) is 13.2 Å². The van der Waals surface area contributed by atoms with Crippen LogP contribution in [0.3, 0.4) is 0 Å². The highest BCUT2D eigenvalue weighted by molar-refractivity contribution is 5.76. The van der Waals surface area contributed by atoms with Crippen molar-refractivity contribution in [2.45, 2.75) is 39.8 Å². The van der Waals surface area contributed by atoms with E-state index in [4.69, 9.17) is 4.74 Å². The fraction of sp³-hybridized carbons (Fsp3) is 0.412. The molecule has 0 saturated heterocycles. The van der Waals surface area contributed by atoms with Gasteiger partial charge in [0.2, 0.25) is 5.91 Å². The number of carbonyl (C=O) groups is 1. The quantitative estimate of drug-likeness (QED) is 0.890. The zero-order valence-electron chi connectivity index (χ0n) is 13.9. The molecule has 23 heavy (non-hydrogen) atoms. The van der Waals surface area contributed by atoms with E-state index in [0.717, 1.165) is 11.4 Å². The highest BCUT2D eigenvalue weighted by atomic mass is 19.1. The van der Waals surface area contributed by atoms with Crippen LogP contribution in [-0.4, -0.2) is 22.8 Å². The SMILES string of the molecule is COc1ccc([C@H](C)NC(=O)CCn2nc(C)cc2C)cc1F. The lowest BCUT2D eigenvalue weighted by Gasteiger charge is -2.15. The van der Waals surface area contributed by atoms with Gasteiger partial charge in [-0.2, -0.15) is 5.10 Å². The fourth-order valence-electron chi connectivity index (χ4n) is 2.46. The number of hydrogen-bond acceptors (Lipinski definition) is 3. The highest BCUT2D eigenvalue weighted by Gasteiger charge is 2.13. The van der Waals surface area contributed by atoms with Crippen LogP contribution >= 0.6 is 0 Å². The molecule has 0 aliphatic rings. The lowest BCUT2D eigenvalue weighted by molar-refractivity contribution is -0.122. The largest absolute Gasteiger partial charge is 0.494 e. The third kappa shape index (κ3) is 4.31. The third-order valence-corrected chi connectivity index (χ3v) is 3.71. The molecule has 1 atom stereocenters. The van der Waals surface area contributed by atoms with Gasteiger partial charge in [0.15, 0.2) is 11.6 Å². The average molecular weight is 319 g/mol. The van der Waals surface area contributed by atoms with Crippen LogP contribution in [0, 0.1) is 19.7 Å². The molecule has 1 aromatic carbocycles. The van der Waals surface area contributed by atoms with Gasteiger partial charge < -0.3 is 10.1 Å². The summed E-state index contributed by atoms with van der Waals surface area (Å²) in [6.07, 6.45) is 0.324. The summed E-state index contributed by atoms with van der Waals surface area (Å²) in [5, 5.41) is 7.19. The Morgan fingerprint density at radius 3 is 2.70 bits per heavy atom. The fourth-order valence-corrected chi connectivity index (χ4v) is 2.46. The second kappa shape index (κ2) is 7.26. The zero-order chi connectivity index (χ0) is 17.0. The molecule has 1 N–H and O–H groups in total. The Labute approximate surface area is 135 Å². The number of methoxy groups -OCH3 is 1. The summed E-state index contributed by atoms with van der Waals surface area (Å²) < 4.78 is 20.4. The Bertz CT molecular complexity index is 697. The number of rotatable bonds is 6. The highest BCUT2D eigenvalue weighted by Crippen LogP contribution is 2.21. The number of benzene rings is 1. The molecule has 0 unspecified atom stereocenters. The summed E-state index contributed by atoms with van der Waals surface area (Å²) in [6.45, 7) is 6.22. The number of nitrogens with one attached hydrogen (secondary N) is 1. The molecule has 0 spiro atoms. The van der Waals surface area contributed by atoms with Gasteiger partial charge in [0.05, 0.1) is 18.8 Å². The van der Waals surface area contributed by atoms with Crippen molar-refractivity contribution in [1.29, 1.82) is 0 Å². The van der Waals surface area contributed by atoms with Crippen molar-refractivity contribution in [2.24, 2.45) is 0 Å². The van der Waals surface area contributed by atoms with Gasteiger partial charge in [-0.1, -0.05) is 6.07 Å². The van der Waals surface area contributed by atoms with Gasteiger partial charge in [-0.15, -0.1) is 0 Å². The maximum absolute atomic E-state index is 13.7. The molecule has 0 radical (unpaired) electrons. The van der Waals surface area contributed by atoms with Crippen molar-refractivity contribution < 1.29 is 13.9 Å². The molecule has 0 saturated carbocycles. The van der Waals surface area contributed by atoms with Gasteiger partial charge in [0.25, 0.3) is 0 Å². The normalized spacial score (nSPS) is 12.0. The minimum absolute atomic E-state index is 0.0960. The predicted molar refractivity (Wildman–Crippen MR) is 85.8 cm³/mol. The molecule has 124 valence electrons. The van der Waals surface area contributed by atoms with Crippen molar-refractivity contribution in [2.75, 3.05) is 7.11 Å². The van der Waals surface area contributed by atoms with Gasteiger partial charge >= 0.3 is 0 Å². The van der Waals surface area contributed by atoms with Crippen molar-refractivity contribution in [1.82, 2.24) is 15.1 Å². The molecule has 1 heterocycles. The second-order valence-electron chi connectivity index (χ2n) is 5.58. The first kappa shape index (κ1) is 17.0. The van der Waals surface area contributed by atoms with E-state index < -0.39 is 5.82 Å². The number of halogens is 1. The maximum Gasteiger partial charge on any atom is 0.222 e. The maximum atomic E-state index is 13.7. The monoisotopic (exact) mass is 319 g/mol. The number of nitrogens with zero attached hydrogens (tertiary/aromatic N) is 2. The van der Waals surface area contributed by atoms with Gasteiger partial charge in [-0.05, 0) is 44.5 Å². The van der Waals surface area contributed by atoms with Crippen LogP contribution < -0.4 is 10.1 Å². The average Bonchev–Trinajstić information content (AvgIpc) is 2.82. The summed E-state index contributed by atoms with van der Waals surface area (Å²) in [4.78, 5) is 12.1. The first-order valence-electron chi connectivity index (χ1n) is 7.54. The number of hydrogen-bond donors (Lipinski definition) is 1. The Kier molecular flexibility index (Phi) is 5.36. The second-order valence-corrected chi connectivity index (χ2v) is 5.58. The molecule has 0 aliphatic heterocycles. The first-order valence-corrected chi connectivity index (χ1v) is 7.54. The molecule has 5 nitrogen and oxygen atoms in total. The molecular formula is C17H22FN3O2. The topological polar surface area (TPSA) is 56.1 Å². The van der Waals surface area contributed by atoms with Gasteiger partial charge in [0.1, 0.15) is 0 Å². The number of aromatic nitrogens is 2. The summed E-state index contributed by atoms with van der Waals surface area (Å²) >= 11 is 0. The molecule has 0 aliphatic carbocycles. The standard InChI is InChI=1S/C17H22FN3O2/c1-11-9-12(2)21(20-11)8-7-17(22)19-13(3)14-5-6-16(23-4)15(18)10-14/h5-6,9-10,13H,7-8H2,1-4H3,(H,19,22)/t13-/m0/s1. The van der Waals surface area contributed by atoms with E-state index >= 15 is 0 Å². The smallest absolute Gasteiger partial charge is 0.222 e. The Morgan fingerprint density at radius 1 is 1.39 bits per heavy atom. The number of amides is 1. The summed E-state index contributed by atoms with van der Waals surface area (Å²) in [6, 6.07) is 6.38. The Hall–Kier alpha value is -2.37. The van der Waals surface area contributed by atoms with Gasteiger partial charge in [-0.25, -0.2) is 4.39 Å². The summed E-state index contributed by atoms with van der Waals surface area (Å²) in [5.41, 5.74) is 2.66. The first-order chi connectivity index (χ1) is 10.9. The Morgan fingerprint density at radius 2 is 2.13 bits per heavy atom. The molecule has 2 aromatic rings. The van der Waals surface area contributed by atoms with Gasteiger partial charge in [-0.3, -0.25) is 9.48 Å². The summed E-state index contributed by atoms with van der Waals surface area (Å²) in [5.74, 6) is -0.341. The van der Waals surface area contributed by atoms with E-state index in [9.17, 15) is 9.18 Å². The molecule has 0 fully saturated rings. The van der Waals surface area contributed by atoms with Crippen LogP contribution in [0.5, 0.6) is 5.75 Å². The van der Waals surface area contributed by atoms with Crippen molar-refractivity contribution in [3.63, 3.8) is 0 Å². The lowest BCUT2D eigenvalue weighted by atomic mass is 10.1. The summed E-state index contributed by atoms with van der Waals surface area (Å²) in [7, 11) is 1.42. The van der Waals surface area contributed by atoms with E-state index in [0.29, 0.717) is 18.5 Å². The van der Waals surface area contributed by atoms with E-state index in [1.54, 1.807) is 12.1 Å². The van der Waals surface area contributed by atoms with E-state index in [2.05, 4.69) is 10.4 Å². The van der Waals surface area contributed by atoms with Crippen LogP contribution in [0.15, 0.2) is 24.3 Å². The molecule has 0 bridgehead atoms. The van der Waals surface area contributed by atoms with Crippen LogP contribution in [-0.2, 0) is 11.3 Å². The minimum Gasteiger partial charge on any atom is -0.494 e. The third-order valence-electron chi connectivity index (χ3n) is 3.71.